The highest BCUT2D eigenvalue weighted by atomic mass is 16.1. The minimum atomic E-state index is -0.415. The average Bonchev–Trinajstić information content (AvgIpc) is 2.18. The maximum Gasteiger partial charge on any atom is 0.207 e. The molecule has 1 unspecified atom stereocenters. The van der Waals surface area contributed by atoms with Crippen molar-refractivity contribution in [2.24, 2.45) is 0 Å². The predicted octanol–water partition coefficient (Wildman–Crippen LogP) is 1.60. The quantitative estimate of drug-likeness (QED) is 0.495. The van der Waals surface area contributed by atoms with Crippen molar-refractivity contribution in [2.75, 3.05) is 0 Å². The second-order valence-electron chi connectivity index (χ2n) is 2.92. The Kier molecular flexibility index (Phi) is 7.42. The maximum atomic E-state index is 10.6. The summed E-state index contributed by atoms with van der Waals surface area (Å²) in [4.78, 5) is 20.7. The summed E-state index contributed by atoms with van der Waals surface area (Å²) in [5, 5.41) is 2.46. The Bertz CT molecular complexity index is 231. The molecule has 1 amide bonds. The van der Waals surface area contributed by atoms with Crippen molar-refractivity contribution in [1.82, 2.24) is 5.32 Å². The fourth-order valence-corrected chi connectivity index (χ4v) is 1.18. The minimum absolute atomic E-state index is 0.415. The summed E-state index contributed by atoms with van der Waals surface area (Å²) in [6.07, 6.45) is 8.70. The molecule has 0 spiro atoms. The molecule has 0 aliphatic carbocycles. The van der Waals surface area contributed by atoms with E-state index in [1.807, 2.05) is 32.1 Å². The summed E-state index contributed by atoms with van der Waals surface area (Å²) in [6.45, 7) is 3.96. The van der Waals surface area contributed by atoms with Gasteiger partial charge in [0.15, 0.2) is 0 Å². The number of carbonyl (C=O) groups excluding carboxylic acids is 2. The van der Waals surface area contributed by atoms with Gasteiger partial charge in [0.25, 0.3) is 0 Å². The van der Waals surface area contributed by atoms with E-state index in [9.17, 15) is 9.59 Å². The zero-order chi connectivity index (χ0) is 10.8. The molecular formula is C11H17NO2. The van der Waals surface area contributed by atoms with E-state index in [0.29, 0.717) is 12.8 Å². The molecule has 14 heavy (non-hydrogen) atoms. The lowest BCUT2D eigenvalue weighted by molar-refractivity contribution is -0.115. The van der Waals surface area contributed by atoms with Crippen LogP contribution in [0, 0.1) is 0 Å². The third-order valence-electron chi connectivity index (χ3n) is 1.75. The van der Waals surface area contributed by atoms with Crippen LogP contribution in [0.25, 0.3) is 0 Å². The number of allylic oxidation sites excluding steroid dienone is 3. The molecule has 0 aliphatic rings. The number of hydrogen-bond donors (Lipinski definition) is 1. The van der Waals surface area contributed by atoms with Crippen LogP contribution in [0.5, 0.6) is 0 Å². The van der Waals surface area contributed by atoms with Crippen LogP contribution in [0.2, 0.25) is 0 Å². The second-order valence-corrected chi connectivity index (χ2v) is 2.92. The first-order valence-corrected chi connectivity index (χ1v) is 4.75. The molecule has 0 radical (unpaired) electrons. The van der Waals surface area contributed by atoms with Gasteiger partial charge in [-0.15, -0.1) is 0 Å². The van der Waals surface area contributed by atoms with Gasteiger partial charge in [0.1, 0.15) is 6.29 Å². The Labute approximate surface area is 84.9 Å². The van der Waals surface area contributed by atoms with Gasteiger partial charge in [-0.1, -0.05) is 25.2 Å². The van der Waals surface area contributed by atoms with Crippen molar-refractivity contribution >= 4 is 12.7 Å². The largest absolute Gasteiger partial charge is 0.349 e. The van der Waals surface area contributed by atoms with Crippen LogP contribution < -0.4 is 5.32 Å². The second kappa shape index (κ2) is 8.23. The Hall–Kier alpha value is -1.38. The number of nitrogens with one attached hydrogen (secondary N) is 1. The lowest BCUT2D eigenvalue weighted by Crippen LogP contribution is -2.29. The highest BCUT2D eigenvalue weighted by Crippen LogP contribution is 2.07. The van der Waals surface area contributed by atoms with Crippen LogP contribution in [0.3, 0.4) is 0 Å². The van der Waals surface area contributed by atoms with Crippen molar-refractivity contribution in [1.29, 1.82) is 0 Å². The van der Waals surface area contributed by atoms with Crippen LogP contribution in [-0.2, 0) is 9.59 Å². The van der Waals surface area contributed by atoms with Crippen molar-refractivity contribution in [2.45, 2.75) is 32.7 Å². The molecule has 0 heterocycles. The normalized spacial score (nSPS) is 14.0. The van der Waals surface area contributed by atoms with Gasteiger partial charge in [0, 0.05) is 0 Å². The Morgan fingerprint density at radius 2 is 2.14 bits per heavy atom. The summed E-state index contributed by atoms with van der Waals surface area (Å²) in [6, 6.07) is -0.415. The molecule has 0 fully saturated rings. The van der Waals surface area contributed by atoms with E-state index < -0.39 is 6.04 Å². The van der Waals surface area contributed by atoms with Gasteiger partial charge >= 0.3 is 0 Å². The Morgan fingerprint density at radius 1 is 1.43 bits per heavy atom. The lowest BCUT2D eigenvalue weighted by Gasteiger charge is -2.09. The van der Waals surface area contributed by atoms with Crippen molar-refractivity contribution in [3.05, 3.63) is 23.8 Å². The fraction of sp³-hybridized carbons (Fsp3) is 0.455. The van der Waals surface area contributed by atoms with Gasteiger partial charge < -0.3 is 10.1 Å². The first-order chi connectivity index (χ1) is 6.78. The van der Waals surface area contributed by atoms with Crippen LogP contribution in [0.1, 0.15) is 26.7 Å². The summed E-state index contributed by atoms with van der Waals surface area (Å²) >= 11 is 0. The molecule has 1 atom stereocenters. The zero-order valence-corrected chi connectivity index (χ0v) is 8.69. The zero-order valence-electron chi connectivity index (χ0n) is 8.69. The third kappa shape index (κ3) is 5.30. The number of amides is 1. The number of rotatable bonds is 7. The average molecular weight is 195 g/mol. The SMILES string of the molecule is C/C=C\C(=C/CC)CC(C=O)NC=O. The molecule has 0 saturated carbocycles. The van der Waals surface area contributed by atoms with Gasteiger partial charge in [-0.3, -0.25) is 4.79 Å². The first kappa shape index (κ1) is 12.6. The molecule has 1 N–H and O–H groups in total. The molecule has 0 aromatic rings. The molecule has 0 aromatic heterocycles. The number of carbonyl (C=O) groups is 2. The van der Waals surface area contributed by atoms with Gasteiger partial charge in [-0.2, -0.15) is 0 Å². The van der Waals surface area contributed by atoms with Crippen molar-refractivity contribution < 1.29 is 9.59 Å². The van der Waals surface area contributed by atoms with Crippen LogP contribution in [0.15, 0.2) is 23.8 Å². The van der Waals surface area contributed by atoms with Gasteiger partial charge in [-0.25, -0.2) is 0 Å². The van der Waals surface area contributed by atoms with Crippen molar-refractivity contribution in [3.63, 3.8) is 0 Å². The topological polar surface area (TPSA) is 46.2 Å². The van der Waals surface area contributed by atoms with Crippen LogP contribution in [-0.4, -0.2) is 18.7 Å². The molecule has 0 aliphatic heterocycles. The third-order valence-corrected chi connectivity index (χ3v) is 1.75. The van der Waals surface area contributed by atoms with E-state index in [0.717, 1.165) is 18.3 Å². The van der Waals surface area contributed by atoms with Crippen LogP contribution >= 0.6 is 0 Å². The highest BCUT2D eigenvalue weighted by Gasteiger charge is 2.06. The molecule has 3 nitrogen and oxygen atoms in total. The van der Waals surface area contributed by atoms with Gasteiger partial charge in [0.05, 0.1) is 6.04 Å². The molecule has 0 bridgehead atoms. The number of aldehydes is 1. The van der Waals surface area contributed by atoms with Gasteiger partial charge in [0.2, 0.25) is 6.41 Å². The Morgan fingerprint density at radius 3 is 2.57 bits per heavy atom. The molecule has 78 valence electrons. The predicted molar refractivity (Wildman–Crippen MR) is 56.9 cm³/mol. The maximum absolute atomic E-state index is 10.6. The Balaban J connectivity index is 4.32. The van der Waals surface area contributed by atoms with E-state index in [-0.39, 0.29) is 0 Å². The minimum Gasteiger partial charge on any atom is -0.349 e. The lowest BCUT2D eigenvalue weighted by atomic mass is 10.1. The molecule has 0 saturated heterocycles. The van der Waals surface area contributed by atoms with E-state index in [4.69, 9.17) is 0 Å². The van der Waals surface area contributed by atoms with Crippen molar-refractivity contribution in [3.8, 4) is 0 Å². The summed E-state index contributed by atoms with van der Waals surface area (Å²) < 4.78 is 0. The molecule has 3 heteroatoms. The highest BCUT2D eigenvalue weighted by molar-refractivity contribution is 5.64. The van der Waals surface area contributed by atoms with E-state index in [1.165, 1.54) is 0 Å². The summed E-state index contributed by atoms with van der Waals surface area (Å²) in [7, 11) is 0. The van der Waals surface area contributed by atoms with E-state index in [1.54, 1.807) is 0 Å². The first-order valence-electron chi connectivity index (χ1n) is 4.75. The number of hydrogen-bond acceptors (Lipinski definition) is 2. The van der Waals surface area contributed by atoms with Crippen LogP contribution in [0.4, 0.5) is 0 Å². The molecule has 0 aromatic carbocycles. The molecule has 0 rings (SSSR count). The summed E-state index contributed by atoms with van der Waals surface area (Å²) in [5.41, 5.74) is 1.07. The van der Waals surface area contributed by atoms with Gasteiger partial charge in [-0.05, 0) is 25.3 Å². The standard InChI is InChI=1S/C11H17NO2/c1-3-5-10(6-4-2)7-11(8-13)12-9-14/h3,5-6,8-9,11H,4,7H2,1-2H3,(H,12,14)/b5-3-,10-6+. The fourth-order valence-electron chi connectivity index (χ4n) is 1.18. The monoisotopic (exact) mass is 195 g/mol. The smallest absolute Gasteiger partial charge is 0.207 e. The van der Waals surface area contributed by atoms with E-state index >= 15 is 0 Å². The summed E-state index contributed by atoms with van der Waals surface area (Å²) in [5.74, 6) is 0. The molecular weight excluding hydrogens is 178 g/mol. The van der Waals surface area contributed by atoms with E-state index in [2.05, 4.69) is 5.32 Å².